The molecule has 1 aliphatic rings. The van der Waals surface area contributed by atoms with Crippen LogP contribution < -0.4 is 10.1 Å². The summed E-state index contributed by atoms with van der Waals surface area (Å²) in [5.41, 5.74) is 0.322. The minimum Gasteiger partial charge on any atom is -0.496 e. The third-order valence-corrected chi connectivity index (χ3v) is 4.59. The summed E-state index contributed by atoms with van der Waals surface area (Å²) in [6.45, 7) is 6.70. The average Bonchev–Trinajstić information content (AvgIpc) is 2.59. The van der Waals surface area contributed by atoms with E-state index in [2.05, 4.69) is 21.2 Å². The Morgan fingerprint density at radius 3 is 2.52 bits per heavy atom. The number of benzene rings is 1. The molecule has 1 aliphatic heterocycles. The number of hydrogen-bond donors (Lipinski definition) is 1. The maximum atomic E-state index is 12.2. The van der Waals surface area contributed by atoms with Gasteiger partial charge in [-0.3, -0.25) is 4.79 Å². The molecule has 1 fully saturated rings. The fraction of sp³-hybridized carbons (Fsp3) is 0.500. The van der Waals surface area contributed by atoms with Crippen LogP contribution in [0.25, 0.3) is 6.08 Å². The molecule has 7 heteroatoms. The number of methoxy groups -OCH3 is 1. The van der Waals surface area contributed by atoms with E-state index in [4.69, 9.17) is 9.47 Å². The predicted octanol–water partition coefficient (Wildman–Crippen LogP) is 3.99. The SMILES string of the molecule is COc1ccc(Br)cc1C=CC(=O)NC1CCN(C(=O)OC(C)(C)C)CC1. The van der Waals surface area contributed by atoms with E-state index in [-0.39, 0.29) is 18.0 Å². The van der Waals surface area contributed by atoms with Gasteiger partial charge in [0, 0.05) is 35.2 Å². The van der Waals surface area contributed by atoms with Crippen LogP contribution in [0.15, 0.2) is 28.7 Å². The Morgan fingerprint density at radius 1 is 1.26 bits per heavy atom. The van der Waals surface area contributed by atoms with Crippen LogP contribution in [0.4, 0.5) is 4.79 Å². The Morgan fingerprint density at radius 2 is 1.93 bits per heavy atom. The number of carbonyl (C=O) groups is 2. The lowest BCUT2D eigenvalue weighted by Gasteiger charge is -2.33. The summed E-state index contributed by atoms with van der Waals surface area (Å²) in [5, 5.41) is 2.99. The predicted molar refractivity (Wildman–Crippen MR) is 109 cm³/mol. The summed E-state index contributed by atoms with van der Waals surface area (Å²) in [7, 11) is 1.60. The molecule has 1 N–H and O–H groups in total. The van der Waals surface area contributed by atoms with Gasteiger partial charge in [0.05, 0.1) is 7.11 Å². The van der Waals surface area contributed by atoms with Gasteiger partial charge in [0.2, 0.25) is 5.91 Å². The Kier molecular flexibility index (Phi) is 7.30. The van der Waals surface area contributed by atoms with Gasteiger partial charge in [-0.25, -0.2) is 4.79 Å². The molecular weight excluding hydrogens is 412 g/mol. The first-order chi connectivity index (χ1) is 12.7. The summed E-state index contributed by atoms with van der Waals surface area (Å²) >= 11 is 3.42. The molecule has 1 saturated heterocycles. The van der Waals surface area contributed by atoms with Crippen molar-refractivity contribution >= 4 is 34.0 Å². The first-order valence-electron chi connectivity index (χ1n) is 8.98. The highest BCUT2D eigenvalue weighted by molar-refractivity contribution is 9.10. The molecule has 27 heavy (non-hydrogen) atoms. The molecule has 0 spiro atoms. The van der Waals surface area contributed by atoms with E-state index in [0.717, 1.165) is 10.0 Å². The number of hydrogen-bond acceptors (Lipinski definition) is 4. The van der Waals surface area contributed by atoms with E-state index in [1.54, 1.807) is 18.1 Å². The van der Waals surface area contributed by atoms with Crippen molar-refractivity contribution in [2.75, 3.05) is 20.2 Å². The molecule has 0 atom stereocenters. The number of ether oxygens (including phenoxy) is 2. The van der Waals surface area contributed by atoms with Crippen molar-refractivity contribution in [3.05, 3.63) is 34.3 Å². The topological polar surface area (TPSA) is 67.9 Å². The van der Waals surface area contributed by atoms with E-state index in [1.807, 2.05) is 39.0 Å². The van der Waals surface area contributed by atoms with Gasteiger partial charge in [-0.05, 0) is 57.9 Å². The number of nitrogens with one attached hydrogen (secondary N) is 1. The molecule has 0 radical (unpaired) electrons. The molecule has 2 amide bonds. The Bertz CT molecular complexity index is 704. The first-order valence-corrected chi connectivity index (χ1v) is 9.77. The molecule has 0 bridgehead atoms. The van der Waals surface area contributed by atoms with Crippen molar-refractivity contribution in [1.82, 2.24) is 10.2 Å². The van der Waals surface area contributed by atoms with Gasteiger partial charge < -0.3 is 19.7 Å². The molecule has 0 saturated carbocycles. The van der Waals surface area contributed by atoms with Crippen LogP contribution in [-0.2, 0) is 9.53 Å². The molecular formula is C20H27BrN2O4. The van der Waals surface area contributed by atoms with Crippen LogP contribution in [0.5, 0.6) is 5.75 Å². The fourth-order valence-corrected chi connectivity index (χ4v) is 3.16. The number of piperidine rings is 1. The summed E-state index contributed by atoms with van der Waals surface area (Å²) in [5.74, 6) is 0.542. The van der Waals surface area contributed by atoms with Gasteiger partial charge in [0.25, 0.3) is 0 Å². The maximum Gasteiger partial charge on any atom is 0.410 e. The summed E-state index contributed by atoms with van der Waals surface area (Å²) in [6.07, 6.45) is 4.35. The van der Waals surface area contributed by atoms with Crippen LogP contribution in [0, 0.1) is 0 Å². The van der Waals surface area contributed by atoms with Gasteiger partial charge in [-0.1, -0.05) is 15.9 Å². The minimum absolute atomic E-state index is 0.0465. The minimum atomic E-state index is -0.500. The Hall–Kier alpha value is -2.02. The number of carbonyl (C=O) groups excluding carboxylic acids is 2. The van der Waals surface area contributed by atoms with Crippen molar-refractivity contribution in [3.63, 3.8) is 0 Å². The average molecular weight is 439 g/mol. The second kappa shape index (κ2) is 9.26. The molecule has 1 aromatic rings. The highest BCUT2D eigenvalue weighted by Crippen LogP contribution is 2.24. The van der Waals surface area contributed by atoms with Crippen molar-refractivity contribution in [1.29, 1.82) is 0 Å². The molecule has 0 unspecified atom stereocenters. The second-order valence-electron chi connectivity index (χ2n) is 7.47. The monoisotopic (exact) mass is 438 g/mol. The number of amides is 2. The highest BCUT2D eigenvalue weighted by Gasteiger charge is 2.27. The summed E-state index contributed by atoms with van der Waals surface area (Å²) < 4.78 is 11.6. The van der Waals surface area contributed by atoms with E-state index in [0.29, 0.717) is 31.7 Å². The van der Waals surface area contributed by atoms with Crippen molar-refractivity contribution in [2.45, 2.75) is 45.3 Å². The lowest BCUT2D eigenvalue weighted by molar-refractivity contribution is -0.117. The third kappa shape index (κ3) is 6.90. The molecule has 148 valence electrons. The Labute approximate surface area is 169 Å². The standard InChI is InChI=1S/C20H27BrN2O4/c1-20(2,3)27-19(25)23-11-9-16(10-12-23)22-18(24)8-5-14-13-15(21)6-7-17(14)26-4/h5-8,13,16H,9-12H2,1-4H3,(H,22,24). The van der Waals surface area contributed by atoms with Gasteiger partial charge in [-0.2, -0.15) is 0 Å². The van der Waals surface area contributed by atoms with Gasteiger partial charge in [0.15, 0.2) is 0 Å². The van der Waals surface area contributed by atoms with Gasteiger partial charge in [0.1, 0.15) is 11.4 Å². The zero-order valence-corrected chi connectivity index (χ0v) is 17.8. The first kappa shape index (κ1) is 21.3. The lowest BCUT2D eigenvalue weighted by Crippen LogP contribution is -2.47. The van der Waals surface area contributed by atoms with Crippen molar-refractivity contribution < 1.29 is 19.1 Å². The zero-order valence-electron chi connectivity index (χ0n) is 16.3. The third-order valence-electron chi connectivity index (χ3n) is 4.10. The normalized spacial score (nSPS) is 15.7. The second-order valence-corrected chi connectivity index (χ2v) is 8.39. The largest absolute Gasteiger partial charge is 0.496 e. The quantitative estimate of drug-likeness (QED) is 0.721. The van der Waals surface area contributed by atoms with Crippen LogP contribution >= 0.6 is 15.9 Å². The molecule has 1 heterocycles. The van der Waals surface area contributed by atoms with Crippen LogP contribution in [-0.4, -0.2) is 48.7 Å². The fourth-order valence-electron chi connectivity index (χ4n) is 2.78. The van der Waals surface area contributed by atoms with Crippen LogP contribution in [0.3, 0.4) is 0 Å². The number of likely N-dealkylation sites (tertiary alicyclic amines) is 1. The Balaban J connectivity index is 1.84. The highest BCUT2D eigenvalue weighted by atomic mass is 79.9. The van der Waals surface area contributed by atoms with Crippen LogP contribution in [0.2, 0.25) is 0 Å². The van der Waals surface area contributed by atoms with Gasteiger partial charge in [-0.15, -0.1) is 0 Å². The van der Waals surface area contributed by atoms with E-state index in [9.17, 15) is 9.59 Å². The smallest absolute Gasteiger partial charge is 0.410 e. The lowest BCUT2D eigenvalue weighted by atomic mass is 10.1. The molecule has 2 rings (SSSR count). The summed E-state index contributed by atoms with van der Waals surface area (Å²) in [6, 6.07) is 5.66. The molecule has 0 aliphatic carbocycles. The van der Waals surface area contributed by atoms with Gasteiger partial charge >= 0.3 is 6.09 Å². The van der Waals surface area contributed by atoms with Crippen LogP contribution in [0.1, 0.15) is 39.2 Å². The van der Waals surface area contributed by atoms with E-state index >= 15 is 0 Å². The molecule has 6 nitrogen and oxygen atoms in total. The summed E-state index contributed by atoms with van der Waals surface area (Å²) in [4.78, 5) is 26.0. The number of rotatable bonds is 4. The van der Waals surface area contributed by atoms with Crippen molar-refractivity contribution in [3.8, 4) is 5.75 Å². The van der Waals surface area contributed by atoms with E-state index < -0.39 is 5.60 Å². The zero-order chi connectivity index (χ0) is 20.0. The number of nitrogens with zero attached hydrogens (tertiary/aromatic N) is 1. The molecule has 1 aromatic carbocycles. The van der Waals surface area contributed by atoms with E-state index in [1.165, 1.54) is 6.08 Å². The molecule has 0 aromatic heterocycles. The maximum absolute atomic E-state index is 12.2. The number of halogens is 1. The van der Waals surface area contributed by atoms with Crippen molar-refractivity contribution in [2.24, 2.45) is 0 Å².